The summed E-state index contributed by atoms with van der Waals surface area (Å²) < 4.78 is 26.0. The largest absolute Gasteiger partial charge is 0.351 e. The molecule has 12 nitrogen and oxygen atoms in total. The number of hydrogen-bond acceptors (Lipinski definition) is 10. The normalized spacial score (nSPS) is 15.3. The Morgan fingerprint density at radius 1 is 0.741 bits per heavy atom. The molecule has 6 aromatic rings. The number of halogens is 3. The average molecular weight is 812 g/mol. The number of benzene rings is 2. The van der Waals surface area contributed by atoms with Crippen molar-refractivity contribution < 1.29 is 8.42 Å². The number of aromatic nitrogens is 6. The summed E-state index contributed by atoms with van der Waals surface area (Å²) in [6, 6.07) is 18.0. The van der Waals surface area contributed by atoms with E-state index in [4.69, 9.17) is 23.2 Å². The van der Waals surface area contributed by atoms with E-state index in [1.807, 2.05) is 24.3 Å². The molecule has 284 valence electrons. The van der Waals surface area contributed by atoms with E-state index < -0.39 is 9.84 Å². The Morgan fingerprint density at radius 3 is 1.65 bits per heavy atom. The third-order valence-corrected chi connectivity index (χ3v) is 10.6. The van der Waals surface area contributed by atoms with E-state index in [1.165, 1.54) is 17.8 Å². The third kappa shape index (κ3) is 8.61. The molecule has 5 heterocycles. The Bertz CT molecular complexity index is 2610. The molecule has 0 bridgehead atoms. The summed E-state index contributed by atoms with van der Waals surface area (Å²) >= 11 is 12.5. The number of rotatable bonds is 5. The molecular weight excluding hydrogens is 771 g/mol. The van der Waals surface area contributed by atoms with Crippen molar-refractivity contribution >= 4 is 73.5 Å². The number of nitrogens with zero attached hydrogens (tertiary/aromatic N) is 6. The van der Waals surface area contributed by atoms with Gasteiger partial charge >= 0.3 is 0 Å². The van der Waals surface area contributed by atoms with Crippen LogP contribution in [-0.2, 0) is 23.9 Å². The summed E-state index contributed by atoms with van der Waals surface area (Å²) in [5, 5.41) is 9.20. The molecule has 0 saturated carbocycles. The van der Waals surface area contributed by atoms with Crippen molar-refractivity contribution in [1.82, 2.24) is 34.4 Å². The van der Waals surface area contributed by atoms with Crippen LogP contribution in [0.3, 0.4) is 0 Å². The second kappa shape index (κ2) is 15.4. The monoisotopic (exact) mass is 810 g/mol. The summed E-state index contributed by atoms with van der Waals surface area (Å²) in [5.74, 6) is 0.543. The summed E-state index contributed by atoms with van der Waals surface area (Å²) in [7, 11) is -0.285. The Hall–Kier alpha value is -4.40. The van der Waals surface area contributed by atoms with Crippen LogP contribution in [0, 0.1) is 0 Å². The molecule has 0 radical (unpaired) electrons. The van der Waals surface area contributed by atoms with Gasteiger partial charge in [0.05, 0.1) is 0 Å². The van der Waals surface area contributed by atoms with Crippen LogP contribution in [0.2, 0.25) is 10.0 Å². The van der Waals surface area contributed by atoms with Gasteiger partial charge in [0.2, 0.25) is 20.9 Å². The van der Waals surface area contributed by atoms with Crippen molar-refractivity contribution in [1.29, 1.82) is 0 Å². The second-order valence-electron chi connectivity index (χ2n) is 14.6. The molecule has 0 atom stereocenters. The van der Waals surface area contributed by atoms with Crippen molar-refractivity contribution in [3.05, 3.63) is 104 Å². The minimum absolute atomic E-state index is 0. The van der Waals surface area contributed by atoms with Crippen molar-refractivity contribution in [3.8, 4) is 22.3 Å². The molecule has 2 aromatic carbocycles. The summed E-state index contributed by atoms with van der Waals surface area (Å²) in [6.07, 6.45) is 6.09. The van der Waals surface area contributed by atoms with Crippen LogP contribution in [0.1, 0.15) is 40.5 Å². The topological polar surface area (TPSA) is 154 Å². The third-order valence-electron chi connectivity index (χ3n) is 9.06. The van der Waals surface area contributed by atoms with Crippen LogP contribution in [0.5, 0.6) is 0 Å². The molecule has 54 heavy (non-hydrogen) atoms. The number of fused-ring (bicyclic) bond motifs is 2. The van der Waals surface area contributed by atoms with E-state index >= 15 is 0 Å². The molecule has 1 fully saturated rings. The predicted octanol–water partition coefficient (Wildman–Crippen LogP) is 6.84. The maximum Gasteiger partial charge on any atom is 0.259 e. The highest BCUT2D eigenvalue weighted by atomic mass is 35.5. The molecule has 2 N–H and O–H groups in total. The van der Waals surface area contributed by atoms with Gasteiger partial charge in [0.15, 0.2) is 0 Å². The van der Waals surface area contributed by atoms with E-state index in [0.29, 0.717) is 49.3 Å². The first-order valence-electron chi connectivity index (χ1n) is 16.8. The minimum Gasteiger partial charge on any atom is -0.351 e. The van der Waals surface area contributed by atoms with Gasteiger partial charge in [-0.15, -0.1) is 12.4 Å². The lowest BCUT2D eigenvalue weighted by Gasteiger charge is -2.46. The number of anilines is 1. The number of aryl methyl sites for hydroxylation is 2. The molecule has 0 spiro atoms. The zero-order valence-corrected chi connectivity index (χ0v) is 34.0. The van der Waals surface area contributed by atoms with E-state index in [2.05, 4.69) is 58.3 Å². The first kappa shape index (κ1) is 40.8. The molecule has 1 saturated heterocycles. The average Bonchev–Trinajstić information content (AvgIpc) is 3.07. The fourth-order valence-electron chi connectivity index (χ4n) is 7.08. The molecule has 0 unspecified atom stereocenters. The van der Waals surface area contributed by atoms with Crippen LogP contribution in [0.4, 0.5) is 5.95 Å². The number of nitrogens with one attached hydrogen (secondary N) is 2. The predicted molar refractivity (Wildman–Crippen MR) is 219 cm³/mol. The molecule has 1 aliphatic heterocycles. The number of sulfone groups is 1. The Kier molecular flexibility index (Phi) is 11.6. The second-order valence-corrected chi connectivity index (χ2v) is 17.3. The van der Waals surface area contributed by atoms with E-state index in [1.54, 1.807) is 54.2 Å². The van der Waals surface area contributed by atoms with Gasteiger partial charge in [-0.3, -0.25) is 18.7 Å². The maximum absolute atomic E-state index is 13.0. The van der Waals surface area contributed by atoms with Crippen molar-refractivity contribution in [2.45, 2.75) is 62.8 Å². The van der Waals surface area contributed by atoms with E-state index in [-0.39, 0.29) is 51.4 Å². The lowest BCUT2D eigenvalue weighted by Crippen LogP contribution is -2.60. The zero-order chi connectivity index (χ0) is 38.5. The van der Waals surface area contributed by atoms with Crippen LogP contribution < -0.4 is 21.8 Å². The summed E-state index contributed by atoms with van der Waals surface area (Å²) in [4.78, 5) is 42.7. The Morgan fingerprint density at radius 2 is 1.19 bits per heavy atom. The van der Waals surface area contributed by atoms with Gasteiger partial charge in [-0.1, -0.05) is 59.6 Å². The van der Waals surface area contributed by atoms with Gasteiger partial charge in [0, 0.05) is 92.9 Å². The standard InChI is InChI=1S/C23H28ClN5O.C15H12ClN3O3S.ClH/c1-22(2)11-15(12-23(3,4)28-22)26-21-25-13-14-10-17(16-8-6-7-9-18(16)24)20(30)29(5)19(14)27-21;1-19-13-9(8-17-15(18-13)23(2,21)22)7-11(14(19)20)10-5-3-4-6-12(10)16;/h6-10,13,15,28H,11-12H2,1-5H3,(H,25,26,27);3-8H,1-2H3;1H. The molecule has 1 aliphatic rings. The lowest BCUT2D eigenvalue weighted by molar-refractivity contribution is 0.170. The zero-order valence-electron chi connectivity index (χ0n) is 30.8. The minimum atomic E-state index is -3.55. The highest BCUT2D eigenvalue weighted by Crippen LogP contribution is 2.31. The van der Waals surface area contributed by atoms with E-state index in [0.717, 1.165) is 24.5 Å². The van der Waals surface area contributed by atoms with Crippen LogP contribution in [0.25, 0.3) is 44.3 Å². The molecule has 4 aromatic heterocycles. The van der Waals surface area contributed by atoms with Gasteiger partial charge in [0.25, 0.3) is 11.1 Å². The molecule has 0 aliphatic carbocycles. The lowest BCUT2D eigenvalue weighted by atomic mass is 9.80. The highest BCUT2D eigenvalue weighted by molar-refractivity contribution is 7.90. The van der Waals surface area contributed by atoms with Crippen LogP contribution in [-0.4, -0.2) is 60.9 Å². The van der Waals surface area contributed by atoms with Crippen LogP contribution >= 0.6 is 35.6 Å². The van der Waals surface area contributed by atoms with E-state index in [9.17, 15) is 18.0 Å². The highest BCUT2D eigenvalue weighted by Gasteiger charge is 2.38. The van der Waals surface area contributed by atoms with Crippen LogP contribution in [0.15, 0.2) is 87.8 Å². The Labute approximate surface area is 329 Å². The SMILES string of the molecule is Cl.Cn1c(=O)c(-c2ccccc2Cl)cc2cnc(NC3CC(C)(C)NC(C)(C)C3)nc21.Cn1c(=O)c(-c2ccccc2Cl)cc2cnc(S(C)(=O)=O)nc21. The maximum atomic E-state index is 13.0. The first-order valence-corrected chi connectivity index (χ1v) is 19.5. The summed E-state index contributed by atoms with van der Waals surface area (Å²) in [6.45, 7) is 8.85. The van der Waals surface area contributed by atoms with Gasteiger partial charge in [-0.05, 0) is 64.8 Å². The number of piperidine rings is 1. The molecule has 7 rings (SSSR count). The quantitative estimate of drug-likeness (QED) is 0.177. The molecular formula is C38H41Cl3N8O4S. The Balaban J connectivity index is 0.000000211. The van der Waals surface area contributed by atoms with Gasteiger partial charge < -0.3 is 10.6 Å². The molecule has 0 amide bonds. The first-order chi connectivity index (χ1) is 24.8. The molecule has 16 heteroatoms. The summed E-state index contributed by atoms with van der Waals surface area (Å²) in [5.41, 5.74) is 2.70. The van der Waals surface area contributed by atoms with Crippen molar-refractivity contribution in [2.75, 3.05) is 11.6 Å². The number of hydrogen-bond donors (Lipinski definition) is 2. The van der Waals surface area contributed by atoms with Gasteiger partial charge in [-0.25, -0.2) is 18.4 Å². The number of pyridine rings is 2. The van der Waals surface area contributed by atoms with Gasteiger partial charge in [0.1, 0.15) is 11.3 Å². The fourth-order valence-corrected chi connectivity index (χ4v) is 8.05. The van der Waals surface area contributed by atoms with Gasteiger partial charge in [-0.2, -0.15) is 9.97 Å². The fraction of sp³-hybridized carbons (Fsp3) is 0.316. The van der Waals surface area contributed by atoms with Crippen molar-refractivity contribution in [2.24, 2.45) is 14.1 Å². The van der Waals surface area contributed by atoms with Crippen molar-refractivity contribution in [3.63, 3.8) is 0 Å². The smallest absolute Gasteiger partial charge is 0.259 e.